The van der Waals surface area contributed by atoms with Gasteiger partial charge in [-0.05, 0) is 38.1 Å². The van der Waals surface area contributed by atoms with Gasteiger partial charge in [0, 0.05) is 11.3 Å². The number of hydrogen-bond donors (Lipinski definition) is 1. The number of aromatic nitrogens is 1. The van der Waals surface area contributed by atoms with E-state index in [1.54, 1.807) is 35.6 Å². The number of hydrogen-bond acceptors (Lipinski definition) is 5. The Labute approximate surface area is 141 Å². The minimum absolute atomic E-state index is 0. The summed E-state index contributed by atoms with van der Waals surface area (Å²) in [5, 5.41) is 6.30. The Bertz CT molecular complexity index is 695. The van der Waals surface area contributed by atoms with Crippen LogP contribution in [0.1, 0.15) is 29.5 Å². The summed E-state index contributed by atoms with van der Waals surface area (Å²) in [5.41, 5.74) is 0.664. The molecule has 1 aromatic carbocycles. The Kier molecular flexibility index (Phi) is 5.97. The Morgan fingerprint density at radius 2 is 1.86 bits per heavy atom. The molecule has 0 unspecified atom stereocenters. The highest BCUT2D eigenvalue weighted by Gasteiger charge is 2.21. The second-order valence-electron chi connectivity index (χ2n) is 5.27. The van der Waals surface area contributed by atoms with E-state index in [4.69, 9.17) is 0 Å². The van der Waals surface area contributed by atoms with Crippen LogP contribution < -0.4 is 5.32 Å². The quantitative estimate of drug-likeness (QED) is 0.912. The Hall–Kier alpha value is -0.950. The molecule has 0 aliphatic carbocycles. The normalized spacial score (nSPS) is 16.2. The number of rotatable bonds is 4. The third kappa shape index (κ3) is 4.07. The van der Waals surface area contributed by atoms with Crippen LogP contribution in [0.5, 0.6) is 0 Å². The van der Waals surface area contributed by atoms with E-state index in [9.17, 15) is 8.42 Å². The monoisotopic (exact) mass is 358 g/mol. The lowest BCUT2D eigenvalue weighted by Crippen LogP contribution is -2.26. The first kappa shape index (κ1) is 17.4. The number of nitrogens with one attached hydrogen (secondary N) is 1. The highest BCUT2D eigenvalue weighted by molar-refractivity contribution is 7.90. The summed E-state index contributed by atoms with van der Waals surface area (Å²) in [6.07, 6.45) is 2.16. The van der Waals surface area contributed by atoms with Crippen LogP contribution in [0.3, 0.4) is 0 Å². The second kappa shape index (κ2) is 7.55. The van der Waals surface area contributed by atoms with E-state index in [-0.39, 0.29) is 18.2 Å². The topological polar surface area (TPSA) is 59.1 Å². The number of sulfone groups is 1. The van der Waals surface area contributed by atoms with Crippen molar-refractivity contribution in [1.82, 2.24) is 10.3 Å². The standard InChI is InChI=1S/C15H18N2O2S2.ClH/c18-21(19,14-4-2-1-3-5-14)11-13-10-20-15(17-13)12-6-8-16-9-7-12;/h1-5,10,12,16H,6-9,11H2;1H. The van der Waals surface area contributed by atoms with Gasteiger partial charge in [-0.25, -0.2) is 13.4 Å². The SMILES string of the molecule is Cl.O=S(=O)(Cc1csc(C2CCNCC2)n1)c1ccccc1. The Balaban J connectivity index is 0.00000176. The molecular formula is C15H19ClN2O2S2. The molecule has 0 saturated carbocycles. The number of thiazole rings is 1. The first-order valence-electron chi connectivity index (χ1n) is 7.08. The van der Waals surface area contributed by atoms with E-state index in [1.807, 2.05) is 11.4 Å². The molecule has 22 heavy (non-hydrogen) atoms. The summed E-state index contributed by atoms with van der Waals surface area (Å²) >= 11 is 1.59. The van der Waals surface area contributed by atoms with Gasteiger partial charge >= 0.3 is 0 Å². The number of piperidine rings is 1. The molecule has 0 bridgehead atoms. The Morgan fingerprint density at radius 3 is 2.55 bits per heavy atom. The fraction of sp³-hybridized carbons (Fsp3) is 0.400. The summed E-state index contributed by atoms with van der Waals surface area (Å²) in [7, 11) is -3.30. The molecule has 7 heteroatoms. The fourth-order valence-electron chi connectivity index (χ4n) is 2.55. The number of halogens is 1. The average molecular weight is 359 g/mol. The molecule has 1 fully saturated rings. The van der Waals surface area contributed by atoms with E-state index in [0.29, 0.717) is 16.5 Å². The van der Waals surface area contributed by atoms with Crippen molar-refractivity contribution in [3.05, 3.63) is 46.4 Å². The molecule has 2 heterocycles. The average Bonchev–Trinajstić information content (AvgIpc) is 2.97. The minimum atomic E-state index is -3.30. The van der Waals surface area contributed by atoms with Crippen LogP contribution in [0.4, 0.5) is 0 Å². The van der Waals surface area contributed by atoms with Crippen LogP contribution in [-0.2, 0) is 15.6 Å². The van der Waals surface area contributed by atoms with Gasteiger partial charge in [0.2, 0.25) is 0 Å². The van der Waals surface area contributed by atoms with Crippen molar-refractivity contribution in [2.24, 2.45) is 0 Å². The summed E-state index contributed by atoms with van der Waals surface area (Å²) in [6.45, 7) is 2.03. The van der Waals surface area contributed by atoms with Gasteiger partial charge in [-0.15, -0.1) is 23.7 Å². The van der Waals surface area contributed by atoms with Gasteiger partial charge in [0.25, 0.3) is 0 Å². The van der Waals surface area contributed by atoms with Crippen LogP contribution in [0.2, 0.25) is 0 Å². The lowest BCUT2D eigenvalue weighted by atomic mass is 9.99. The molecule has 0 atom stereocenters. The lowest BCUT2D eigenvalue weighted by Gasteiger charge is -2.20. The maximum atomic E-state index is 12.3. The van der Waals surface area contributed by atoms with Gasteiger partial charge in [-0.1, -0.05) is 18.2 Å². The molecule has 2 aromatic rings. The number of benzene rings is 1. The van der Waals surface area contributed by atoms with Crippen molar-refractivity contribution in [3.63, 3.8) is 0 Å². The zero-order valence-corrected chi connectivity index (χ0v) is 14.5. The smallest absolute Gasteiger partial charge is 0.184 e. The van der Waals surface area contributed by atoms with Gasteiger partial charge in [0.1, 0.15) is 0 Å². The predicted octanol–water partition coefficient (Wildman–Crippen LogP) is 3.01. The zero-order valence-electron chi connectivity index (χ0n) is 12.1. The molecule has 1 aromatic heterocycles. The third-order valence-corrected chi connectivity index (χ3v) is 6.42. The van der Waals surface area contributed by atoms with Crippen LogP contribution in [0.25, 0.3) is 0 Å². The van der Waals surface area contributed by atoms with E-state index < -0.39 is 9.84 Å². The van der Waals surface area contributed by atoms with Crippen molar-refractivity contribution < 1.29 is 8.42 Å². The van der Waals surface area contributed by atoms with E-state index in [0.717, 1.165) is 30.9 Å². The van der Waals surface area contributed by atoms with Gasteiger partial charge in [0.05, 0.1) is 21.3 Å². The summed E-state index contributed by atoms with van der Waals surface area (Å²) in [6, 6.07) is 8.57. The second-order valence-corrected chi connectivity index (χ2v) is 8.15. The van der Waals surface area contributed by atoms with E-state index in [1.165, 1.54) is 0 Å². The minimum Gasteiger partial charge on any atom is -0.317 e. The molecule has 0 amide bonds. The molecule has 0 spiro atoms. The molecule has 4 nitrogen and oxygen atoms in total. The molecule has 1 aliphatic heterocycles. The molecule has 1 saturated heterocycles. The molecule has 120 valence electrons. The van der Waals surface area contributed by atoms with E-state index in [2.05, 4.69) is 10.3 Å². The third-order valence-electron chi connectivity index (χ3n) is 3.70. The summed E-state index contributed by atoms with van der Waals surface area (Å²) < 4.78 is 24.7. The first-order valence-corrected chi connectivity index (χ1v) is 9.61. The molecule has 1 aliphatic rings. The number of nitrogens with zero attached hydrogens (tertiary/aromatic N) is 1. The van der Waals surface area contributed by atoms with Gasteiger partial charge in [-0.2, -0.15) is 0 Å². The van der Waals surface area contributed by atoms with Crippen LogP contribution in [-0.4, -0.2) is 26.5 Å². The zero-order chi connectivity index (χ0) is 14.7. The molecular weight excluding hydrogens is 340 g/mol. The van der Waals surface area contributed by atoms with Crippen LogP contribution in [0.15, 0.2) is 40.6 Å². The lowest BCUT2D eigenvalue weighted by molar-refractivity contribution is 0.459. The maximum Gasteiger partial charge on any atom is 0.184 e. The van der Waals surface area contributed by atoms with Crippen molar-refractivity contribution in [3.8, 4) is 0 Å². The molecule has 0 radical (unpaired) electrons. The van der Waals surface area contributed by atoms with Gasteiger partial charge in [0.15, 0.2) is 9.84 Å². The van der Waals surface area contributed by atoms with Crippen LogP contribution in [0, 0.1) is 0 Å². The van der Waals surface area contributed by atoms with Crippen molar-refractivity contribution in [2.75, 3.05) is 13.1 Å². The highest BCUT2D eigenvalue weighted by atomic mass is 35.5. The summed E-state index contributed by atoms with van der Waals surface area (Å²) in [5.74, 6) is 0.461. The summed E-state index contributed by atoms with van der Waals surface area (Å²) in [4.78, 5) is 4.92. The van der Waals surface area contributed by atoms with Gasteiger partial charge in [-0.3, -0.25) is 0 Å². The predicted molar refractivity (Wildman–Crippen MR) is 91.5 cm³/mol. The largest absolute Gasteiger partial charge is 0.317 e. The van der Waals surface area contributed by atoms with Gasteiger partial charge < -0.3 is 5.32 Å². The maximum absolute atomic E-state index is 12.3. The highest BCUT2D eigenvalue weighted by Crippen LogP contribution is 2.28. The van der Waals surface area contributed by atoms with E-state index >= 15 is 0 Å². The van der Waals surface area contributed by atoms with Crippen molar-refractivity contribution >= 4 is 33.6 Å². The Morgan fingerprint density at radius 1 is 1.18 bits per heavy atom. The van der Waals surface area contributed by atoms with Crippen molar-refractivity contribution in [2.45, 2.75) is 29.4 Å². The first-order chi connectivity index (χ1) is 10.1. The molecule has 1 N–H and O–H groups in total. The van der Waals surface area contributed by atoms with Crippen molar-refractivity contribution in [1.29, 1.82) is 0 Å². The fourth-order valence-corrected chi connectivity index (χ4v) is 4.92. The molecule has 3 rings (SSSR count). The van der Waals surface area contributed by atoms with Crippen LogP contribution >= 0.6 is 23.7 Å².